The fraction of sp³-hybridized carbons (Fsp3) is 0.423. The number of benzene rings is 2. The lowest BCUT2D eigenvalue weighted by Gasteiger charge is -2.27. The van der Waals surface area contributed by atoms with Crippen molar-refractivity contribution in [1.29, 1.82) is 5.26 Å². The van der Waals surface area contributed by atoms with Crippen LogP contribution >= 0.6 is 0 Å². The molecule has 35 heavy (non-hydrogen) atoms. The Balaban J connectivity index is 2.35. The molecule has 0 bridgehead atoms. The summed E-state index contributed by atoms with van der Waals surface area (Å²) in [6.45, 7) is 7.59. The number of nitrogens with one attached hydrogen (secondary N) is 3. The van der Waals surface area contributed by atoms with E-state index in [1.165, 1.54) is 6.26 Å². The van der Waals surface area contributed by atoms with Crippen molar-refractivity contribution in [3.63, 3.8) is 0 Å². The molecule has 0 saturated heterocycles. The summed E-state index contributed by atoms with van der Waals surface area (Å²) >= 11 is 0. The lowest BCUT2D eigenvalue weighted by atomic mass is 9.97. The highest BCUT2D eigenvalue weighted by Gasteiger charge is 2.28. The SMILES string of the molecule is CC(C)C[C@H](N[C@@H](C(=O)NC(C)C)c1ccc(-c2ccc(S(C)(=O)=O)cc2)cc1)C(=O)NCC#N. The van der Waals surface area contributed by atoms with Gasteiger partial charge in [0.05, 0.1) is 17.0 Å². The first-order chi connectivity index (χ1) is 16.4. The van der Waals surface area contributed by atoms with Gasteiger partial charge in [-0.05, 0) is 55.0 Å². The Labute approximate surface area is 208 Å². The molecule has 0 saturated carbocycles. The summed E-state index contributed by atoms with van der Waals surface area (Å²) in [6, 6.07) is 14.3. The van der Waals surface area contributed by atoms with Gasteiger partial charge in [-0.2, -0.15) is 5.26 Å². The molecule has 0 aliphatic heterocycles. The van der Waals surface area contributed by atoms with E-state index in [1.54, 1.807) is 24.3 Å². The number of sulfone groups is 1. The molecule has 2 amide bonds. The van der Waals surface area contributed by atoms with Crippen LogP contribution in [-0.4, -0.2) is 45.1 Å². The Bertz CT molecular complexity index is 1150. The van der Waals surface area contributed by atoms with Crippen molar-refractivity contribution in [3.8, 4) is 17.2 Å². The molecule has 0 unspecified atom stereocenters. The Morgan fingerprint density at radius 1 is 0.914 bits per heavy atom. The van der Waals surface area contributed by atoms with Gasteiger partial charge in [0.2, 0.25) is 11.8 Å². The fourth-order valence-corrected chi connectivity index (χ4v) is 4.26. The summed E-state index contributed by atoms with van der Waals surface area (Å²) in [5.41, 5.74) is 2.39. The van der Waals surface area contributed by atoms with E-state index in [4.69, 9.17) is 5.26 Å². The number of carbonyl (C=O) groups is 2. The van der Waals surface area contributed by atoms with Crippen LogP contribution in [-0.2, 0) is 19.4 Å². The first-order valence-corrected chi connectivity index (χ1v) is 13.4. The standard InChI is InChI=1S/C26H34N4O4S/c1-17(2)16-23(25(31)28-15-14-27)30-24(26(32)29-18(3)4)21-8-6-19(7-9-21)20-10-12-22(13-11-20)35(5,33)34/h6-13,17-18,23-24,30H,15-16H2,1-5H3,(H,28,31)(H,29,32)/t23-,24+/m0/s1. The smallest absolute Gasteiger partial charge is 0.241 e. The van der Waals surface area contributed by atoms with Crippen LogP contribution in [0.15, 0.2) is 53.4 Å². The van der Waals surface area contributed by atoms with Crippen molar-refractivity contribution in [1.82, 2.24) is 16.0 Å². The molecule has 0 spiro atoms. The molecule has 0 heterocycles. The molecule has 0 aliphatic rings. The Morgan fingerprint density at radius 2 is 1.46 bits per heavy atom. The molecule has 0 radical (unpaired) electrons. The minimum Gasteiger partial charge on any atom is -0.352 e. The molecule has 2 atom stereocenters. The van der Waals surface area contributed by atoms with E-state index in [-0.39, 0.29) is 35.2 Å². The molecule has 2 rings (SSSR count). The van der Waals surface area contributed by atoms with E-state index in [1.807, 2.05) is 58.0 Å². The third-order valence-corrected chi connectivity index (χ3v) is 6.41. The molecule has 9 heteroatoms. The first-order valence-electron chi connectivity index (χ1n) is 11.5. The number of amides is 2. The third kappa shape index (κ3) is 8.50. The maximum atomic E-state index is 13.1. The second kappa shape index (κ2) is 12.5. The van der Waals surface area contributed by atoms with Gasteiger partial charge in [-0.3, -0.25) is 14.9 Å². The zero-order valence-corrected chi connectivity index (χ0v) is 21.6. The molecule has 3 N–H and O–H groups in total. The molecule has 2 aromatic carbocycles. The summed E-state index contributed by atoms with van der Waals surface area (Å²) in [5.74, 6) is -0.399. The summed E-state index contributed by atoms with van der Waals surface area (Å²) in [4.78, 5) is 26.0. The van der Waals surface area contributed by atoms with Crippen LogP contribution in [0.25, 0.3) is 11.1 Å². The van der Waals surface area contributed by atoms with Gasteiger partial charge < -0.3 is 10.6 Å². The van der Waals surface area contributed by atoms with Gasteiger partial charge in [0.1, 0.15) is 12.6 Å². The quantitative estimate of drug-likeness (QED) is 0.409. The number of hydrogen-bond acceptors (Lipinski definition) is 6. The number of carbonyl (C=O) groups excluding carboxylic acids is 2. The Morgan fingerprint density at radius 3 is 1.91 bits per heavy atom. The molecule has 0 aliphatic carbocycles. The van der Waals surface area contributed by atoms with Gasteiger partial charge in [0.15, 0.2) is 9.84 Å². The van der Waals surface area contributed by atoms with Crippen molar-refractivity contribution in [2.75, 3.05) is 12.8 Å². The van der Waals surface area contributed by atoms with Gasteiger partial charge in [-0.15, -0.1) is 0 Å². The highest BCUT2D eigenvalue weighted by molar-refractivity contribution is 7.90. The number of nitriles is 1. The minimum absolute atomic E-state index is 0.0876. The van der Waals surface area contributed by atoms with Gasteiger partial charge in [0.25, 0.3) is 0 Å². The second-order valence-corrected chi connectivity index (χ2v) is 11.3. The van der Waals surface area contributed by atoms with Crippen LogP contribution in [0, 0.1) is 17.2 Å². The molecule has 0 fully saturated rings. The van der Waals surface area contributed by atoms with Crippen LogP contribution in [0.2, 0.25) is 0 Å². The van der Waals surface area contributed by atoms with Crippen LogP contribution in [0.4, 0.5) is 0 Å². The normalized spacial score (nSPS) is 13.2. The monoisotopic (exact) mass is 498 g/mol. The maximum Gasteiger partial charge on any atom is 0.241 e. The number of hydrogen-bond donors (Lipinski definition) is 3. The summed E-state index contributed by atoms with van der Waals surface area (Å²) in [7, 11) is -3.28. The summed E-state index contributed by atoms with van der Waals surface area (Å²) < 4.78 is 23.4. The second-order valence-electron chi connectivity index (χ2n) is 9.24. The zero-order valence-electron chi connectivity index (χ0n) is 20.8. The average Bonchev–Trinajstić information content (AvgIpc) is 2.79. The van der Waals surface area contributed by atoms with Gasteiger partial charge in [0, 0.05) is 12.3 Å². The maximum absolute atomic E-state index is 13.1. The molecular formula is C26H34N4O4S. The molecule has 188 valence electrons. The zero-order chi connectivity index (χ0) is 26.2. The molecule has 2 aromatic rings. The molecule has 0 aromatic heterocycles. The fourth-order valence-electron chi connectivity index (χ4n) is 3.63. The lowest BCUT2D eigenvalue weighted by molar-refractivity contribution is -0.126. The van der Waals surface area contributed by atoms with E-state index in [2.05, 4.69) is 16.0 Å². The largest absolute Gasteiger partial charge is 0.352 e. The van der Waals surface area contributed by atoms with Crippen molar-refractivity contribution in [3.05, 3.63) is 54.1 Å². The van der Waals surface area contributed by atoms with Crippen molar-refractivity contribution >= 4 is 21.7 Å². The van der Waals surface area contributed by atoms with E-state index in [0.717, 1.165) is 11.1 Å². The predicted octanol–water partition coefficient (Wildman–Crippen LogP) is 2.97. The third-order valence-electron chi connectivity index (χ3n) is 5.29. The van der Waals surface area contributed by atoms with Crippen molar-refractivity contribution in [2.45, 2.75) is 57.1 Å². The summed E-state index contributed by atoms with van der Waals surface area (Å²) in [5, 5.41) is 17.5. The highest BCUT2D eigenvalue weighted by atomic mass is 32.2. The molecular weight excluding hydrogens is 464 g/mol. The lowest BCUT2D eigenvalue weighted by Crippen LogP contribution is -2.50. The number of nitrogens with zero attached hydrogens (tertiary/aromatic N) is 1. The van der Waals surface area contributed by atoms with Gasteiger partial charge in [-0.1, -0.05) is 50.2 Å². The Kier molecular flexibility index (Phi) is 9.99. The van der Waals surface area contributed by atoms with E-state index < -0.39 is 21.9 Å². The van der Waals surface area contributed by atoms with E-state index in [9.17, 15) is 18.0 Å². The predicted molar refractivity (Wildman–Crippen MR) is 136 cm³/mol. The van der Waals surface area contributed by atoms with Crippen LogP contribution < -0.4 is 16.0 Å². The van der Waals surface area contributed by atoms with Gasteiger partial charge >= 0.3 is 0 Å². The average molecular weight is 499 g/mol. The minimum atomic E-state index is -3.28. The first kappa shape index (κ1) is 28.0. The van der Waals surface area contributed by atoms with Crippen molar-refractivity contribution in [2.24, 2.45) is 5.92 Å². The van der Waals surface area contributed by atoms with Crippen LogP contribution in [0.1, 0.15) is 45.7 Å². The van der Waals surface area contributed by atoms with Crippen molar-refractivity contribution < 1.29 is 18.0 Å². The van der Waals surface area contributed by atoms with Crippen LogP contribution in [0.5, 0.6) is 0 Å². The Hall–Kier alpha value is -3.22. The van der Waals surface area contributed by atoms with Crippen LogP contribution in [0.3, 0.4) is 0 Å². The molecule has 8 nitrogen and oxygen atoms in total. The number of rotatable bonds is 11. The topological polar surface area (TPSA) is 128 Å². The van der Waals surface area contributed by atoms with Gasteiger partial charge in [-0.25, -0.2) is 8.42 Å². The highest BCUT2D eigenvalue weighted by Crippen LogP contribution is 2.24. The van der Waals surface area contributed by atoms with E-state index >= 15 is 0 Å². The van der Waals surface area contributed by atoms with E-state index in [0.29, 0.717) is 12.0 Å². The summed E-state index contributed by atoms with van der Waals surface area (Å²) in [6.07, 6.45) is 1.66.